The molecule has 5 nitrogen and oxygen atoms in total. The number of aliphatic carboxylic acids is 1. The molecule has 0 spiro atoms. The van der Waals surface area contributed by atoms with E-state index >= 15 is 0 Å². The second-order valence-corrected chi connectivity index (χ2v) is 4.54. The predicted octanol–water partition coefficient (Wildman–Crippen LogP) is 0.589. The van der Waals surface area contributed by atoms with Gasteiger partial charge < -0.3 is 5.11 Å². The molecule has 1 aromatic heterocycles. The number of hydrogen-bond donors (Lipinski definition) is 1. The lowest BCUT2D eigenvalue weighted by molar-refractivity contribution is -0.136. The number of rotatable bonds is 5. The summed E-state index contributed by atoms with van der Waals surface area (Å²) in [7, 11) is -1.46. The summed E-state index contributed by atoms with van der Waals surface area (Å²) < 4.78 is 11.6. The molecule has 0 aromatic carbocycles. The summed E-state index contributed by atoms with van der Waals surface area (Å²) in [6, 6.07) is 1.65. The van der Waals surface area contributed by atoms with Crippen molar-refractivity contribution in [2.24, 2.45) is 0 Å². The van der Waals surface area contributed by atoms with E-state index in [0.717, 1.165) is 0 Å². The number of hydrogen-bond acceptors (Lipinski definition) is 4. The zero-order valence-electron chi connectivity index (χ0n) is 8.29. The molecule has 1 heterocycles. The molecule has 0 saturated heterocycles. The van der Waals surface area contributed by atoms with Gasteiger partial charge in [0, 0.05) is 23.2 Å². The van der Waals surface area contributed by atoms with Crippen LogP contribution in [0.3, 0.4) is 0 Å². The van der Waals surface area contributed by atoms with Crippen LogP contribution in [0, 0.1) is 0 Å². The van der Waals surface area contributed by atoms with Gasteiger partial charge in [0.15, 0.2) is 0 Å². The molecular formula is C9H12N2O3S. The van der Waals surface area contributed by atoms with Gasteiger partial charge in [0.25, 0.3) is 0 Å². The van der Waals surface area contributed by atoms with Crippen LogP contribution >= 0.6 is 0 Å². The highest BCUT2D eigenvalue weighted by atomic mass is 32.2. The lowest BCUT2D eigenvalue weighted by Gasteiger charge is -2.08. The maximum atomic E-state index is 11.6. The highest BCUT2D eigenvalue weighted by Crippen LogP contribution is 2.06. The summed E-state index contributed by atoms with van der Waals surface area (Å²) in [5, 5.41) is 7.95. The molecule has 0 bridgehead atoms. The molecule has 1 aromatic rings. The zero-order chi connectivity index (χ0) is 11.3. The molecule has 0 saturated carbocycles. The first-order valence-electron chi connectivity index (χ1n) is 4.51. The standard InChI is InChI=1S/C9H12N2O3S/c1-2-7(9(12)13)15(14)6-8-10-4-3-5-11-8/h3-5,7H,2,6H2,1H3,(H,12,13). The number of carboxylic acid groups (broad SMARTS) is 1. The number of nitrogens with zero attached hydrogens (tertiary/aromatic N) is 2. The van der Waals surface area contributed by atoms with Crippen LogP contribution in [-0.4, -0.2) is 30.5 Å². The fourth-order valence-corrected chi connectivity index (χ4v) is 2.31. The van der Waals surface area contributed by atoms with E-state index in [0.29, 0.717) is 12.2 Å². The molecule has 1 N–H and O–H groups in total. The Hall–Kier alpha value is -1.30. The molecular weight excluding hydrogens is 216 g/mol. The van der Waals surface area contributed by atoms with Crippen LogP contribution in [-0.2, 0) is 21.3 Å². The smallest absolute Gasteiger partial charge is 0.319 e. The van der Waals surface area contributed by atoms with Crippen molar-refractivity contribution in [1.82, 2.24) is 9.97 Å². The molecule has 0 amide bonds. The molecule has 0 aliphatic carbocycles. The lowest BCUT2D eigenvalue weighted by Crippen LogP contribution is -2.26. The van der Waals surface area contributed by atoms with Crippen LogP contribution in [0.25, 0.3) is 0 Å². The minimum Gasteiger partial charge on any atom is -0.480 e. The molecule has 0 fully saturated rings. The second-order valence-electron chi connectivity index (χ2n) is 2.93. The van der Waals surface area contributed by atoms with Crippen molar-refractivity contribution in [3.05, 3.63) is 24.3 Å². The van der Waals surface area contributed by atoms with Crippen LogP contribution < -0.4 is 0 Å². The Morgan fingerprint density at radius 1 is 1.53 bits per heavy atom. The minimum atomic E-state index is -1.46. The third-order valence-electron chi connectivity index (χ3n) is 1.85. The van der Waals surface area contributed by atoms with Crippen molar-refractivity contribution in [3.8, 4) is 0 Å². The van der Waals surface area contributed by atoms with Gasteiger partial charge in [0.05, 0.1) is 5.75 Å². The normalized spacial score (nSPS) is 14.5. The Kier molecular flexibility index (Phi) is 4.36. The SMILES string of the molecule is CCC(C(=O)O)S(=O)Cc1ncccn1. The first-order chi connectivity index (χ1) is 7.15. The summed E-state index contributed by atoms with van der Waals surface area (Å²) in [5.74, 6) is -0.534. The van der Waals surface area contributed by atoms with Crippen molar-refractivity contribution in [2.45, 2.75) is 24.3 Å². The van der Waals surface area contributed by atoms with E-state index in [1.807, 2.05) is 0 Å². The van der Waals surface area contributed by atoms with Crippen LogP contribution in [0.5, 0.6) is 0 Å². The monoisotopic (exact) mass is 228 g/mol. The molecule has 2 unspecified atom stereocenters. The molecule has 1 rings (SSSR count). The Balaban J connectivity index is 2.66. The Bertz CT molecular complexity index is 356. The first kappa shape index (κ1) is 11.8. The van der Waals surface area contributed by atoms with Gasteiger partial charge in [0.1, 0.15) is 11.1 Å². The van der Waals surface area contributed by atoms with E-state index in [1.54, 1.807) is 25.4 Å². The molecule has 0 aliphatic rings. The van der Waals surface area contributed by atoms with E-state index in [4.69, 9.17) is 5.11 Å². The molecule has 15 heavy (non-hydrogen) atoms. The van der Waals surface area contributed by atoms with Gasteiger partial charge in [-0.15, -0.1) is 0 Å². The van der Waals surface area contributed by atoms with Gasteiger partial charge in [0.2, 0.25) is 0 Å². The maximum absolute atomic E-state index is 11.6. The van der Waals surface area contributed by atoms with Crippen molar-refractivity contribution in [2.75, 3.05) is 0 Å². The van der Waals surface area contributed by atoms with Crippen molar-refractivity contribution in [3.63, 3.8) is 0 Å². The zero-order valence-corrected chi connectivity index (χ0v) is 9.11. The topological polar surface area (TPSA) is 80.1 Å². The number of aromatic nitrogens is 2. The largest absolute Gasteiger partial charge is 0.480 e. The van der Waals surface area contributed by atoms with E-state index in [9.17, 15) is 9.00 Å². The summed E-state index contributed by atoms with van der Waals surface area (Å²) >= 11 is 0. The summed E-state index contributed by atoms with van der Waals surface area (Å²) in [4.78, 5) is 18.5. The third-order valence-corrected chi connectivity index (χ3v) is 3.57. The van der Waals surface area contributed by atoms with Crippen LogP contribution in [0.15, 0.2) is 18.5 Å². The number of carboxylic acids is 1. The number of carbonyl (C=O) groups is 1. The van der Waals surface area contributed by atoms with E-state index < -0.39 is 22.0 Å². The molecule has 6 heteroatoms. The van der Waals surface area contributed by atoms with Crippen molar-refractivity contribution in [1.29, 1.82) is 0 Å². The average Bonchev–Trinajstić information content (AvgIpc) is 2.19. The van der Waals surface area contributed by atoms with Gasteiger partial charge >= 0.3 is 5.97 Å². The highest BCUT2D eigenvalue weighted by molar-refractivity contribution is 7.85. The highest BCUT2D eigenvalue weighted by Gasteiger charge is 2.23. The van der Waals surface area contributed by atoms with Crippen LogP contribution in [0.1, 0.15) is 19.2 Å². The van der Waals surface area contributed by atoms with E-state index in [1.165, 1.54) is 0 Å². The third kappa shape index (κ3) is 3.39. The second kappa shape index (κ2) is 5.55. The van der Waals surface area contributed by atoms with Gasteiger partial charge in [-0.25, -0.2) is 9.97 Å². The lowest BCUT2D eigenvalue weighted by atomic mass is 10.3. The molecule has 2 atom stereocenters. The fraction of sp³-hybridized carbons (Fsp3) is 0.444. The van der Waals surface area contributed by atoms with Crippen LogP contribution in [0.2, 0.25) is 0 Å². The summed E-state index contributed by atoms with van der Waals surface area (Å²) in [6.07, 6.45) is 3.43. The Morgan fingerprint density at radius 3 is 2.60 bits per heavy atom. The Labute approximate surface area is 90.0 Å². The fourth-order valence-electron chi connectivity index (χ4n) is 1.11. The van der Waals surface area contributed by atoms with Gasteiger partial charge in [-0.1, -0.05) is 6.92 Å². The summed E-state index contributed by atoms with van der Waals surface area (Å²) in [6.45, 7) is 1.70. The van der Waals surface area contributed by atoms with Gasteiger partial charge in [-0.05, 0) is 12.5 Å². The maximum Gasteiger partial charge on any atom is 0.319 e. The van der Waals surface area contributed by atoms with E-state index in [2.05, 4.69) is 9.97 Å². The van der Waals surface area contributed by atoms with Crippen molar-refractivity contribution >= 4 is 16.8 Å². The van der Waals surface area contributed by atoms with Crippen LogP contribution in [0.4, 0.5) is 0 Å². The predicted molar refractivity (Wildman–Crippen MR) is 55.6 cm³/mol. The average molecular weight is 228 g/mol. The molecule has 0 aliphatic heterocycles. The van der Waals surface area contributed by atoms with Crippen molar-refractivity contribution < 1.29 is 14.1 Å². The van der Waals surface area contributed by atoms with Gasteiger partial charge in [-0.2, -0.15) is 0 Å². The first-order valence-corrected chi connectivity index (χ1v) is 5.89. The Morgan fingerprint density at radius 2 is 2.13 bits per heavy atom. The molecule has 82 valence electrons. The minimum absolute atomic E-state index is 0.0889. The van der Waals surface area contributed by atoms with Gasteiger partial charge in [-0.3, -0.25) is 9.00 Å². The quantitative estimate of drug-likeness (QED) is 0.797. The van der Waals surface area contributed by atoms with E-state index in [-0.39, 0.29) is 5.75 Å². The molecule has 0 radical (unpaired) electrons. The summed E-state index contributed by atoms with van der Waals surface area (Å²) in [5.41, 5.74) is 0.